The van der Waals surface area contributed by atoms with Crippen LogP contribution in [0.2, 0.25) is 0 Å². The van der Waals surface area contributed by atoms with Gasteiger partial charge in [0.1, 0.15) is 11.5 Å². The number of fused-ring (bicyclic) bond motifs is 9. The Bertz CT molecular complexity index is 2020. The average Bonchev–Trinajstić information content (AvgIpc) is 3.36. The van der Waals surface area contributed by atoms with Crippen molar-refractivity contribution in [1.82, 2.24) is 4.98 Å². The Morgan fingerprint density at radius 1 is 0.535 bits per heavy atom. The van der Waals surface area contributed by atoms with Gasteiger partial charge in [-0.05, 0) is 58.7 Å². The summed E-state index contributed by atoms with van der Waals surface area (Å²) < 4.78 is 12.3. The van der Waals surface area contributed by atoms with Gasteiger partial charge in [-0.1, -0.05) is 97.1 Å². The van der Waals surface area contributed by atoms with Crippen molar-refractivity contribution in [2.45, 2.75) is 5.41 Å². The van der Waals surface area contributed by atoms with Crippen molar-refractivity contribution in [2.75, 3.05) is 0 Å². The van der Waals surface area contributed by atoms with E-state index in [1.165, 1.54) is 22.3 Å². The molecule has 6 aromatic rings. The number of hydrogen-bond acceptors (Lipinski definition) is 5. The first-order valence-electron chi connectivity index (χ1n) is 14.1. The molecule has 2 heterocycles. The summed E-state index contributed by atoms with van der Waals surface area (Å²) in [6.07, 6.45) is 1.61. The normalized spacial score (nSPS) is 13.2. The predicted molar refractivity (Wildman–Crippen MR) is 168 cm³/mol. The van der Waals surface area contributed by atoms with Gasteiger partial charge in [0.25, 0.3) is 0 Å². The molecule has 0 saturated heterocycles. The SMILES string of the molecule is N=C(OC(=N)c1ccc(-c2cccc3c2Oc2ccccc2C32c3ccccc3-c3ccccc32)nc1)c1ccccc1. The smallest absolute Gasteiger partial charge is 0.222 e. The average molecular weight is 556 g/mol. The van der Waals surface area contributed by atoms with Crippen LogP contribution in [0.5, 0.6) is 11.5 Å². The Kier molecular flexibility index (Phi) is 5.59. The fraction of sp³-hybridized carbons (Fsp3) is 0.0263. The molecule has 0 amide bonds. The fourth-order valence-electron chi connectivity index (χ4n) is 6.58. The minimum Gasteiger partial charge on any atom is -0.456 e. The van der Waals surface area contributed by atoms with Crippen LogP contribution in [0.1, 0.15) is 33.4 Å². The number of aromatic nitrogens is 1. The largest absolute Gasteiger partial charge is 0.456 e. The van der Waals surface area contributed by atoms with E-state index in [1.54, 1.807) is 24.4 Å². The molecule has 0 bridgehead atoms. The third-order valence-corrected chi connectivity index (χ3v) is 8.42. The van der Waals surface area contributed by atoms with Crippen molar-refractivity contribution in [2.24, 2.45) is 0 Å². The Morgan fingerprint density at radius 2 is 1.12 bits per heavy atom. The molecule has 0 radical (unpaired) electrons. The van der Waals surface area contributed by atoms with E-state index in [-0.39, 0.29) is 11.8 Å². The van der Waals surface area contributed by atoms with Gasteiger partial charge in [0, 0.05) is 28.5 Å². The molecule has 5 heteroatoms. The first-order chi connectivity index (χ1) is 21.2. The van der Waals surface area contributed by atoms with Crippen molar-refractivity contribution in [3.63, 3.8) is 0 Å². The zero-order valence-electron chi connectivity index (χ0n) is 23.0. The Morgan fingerprint density at radius 3 is 1.81 bits per heavy atom. The molecule has 204 valence electrons. The van der Waals surface area contributed by atoms with Gasteiger partial charge >= 0.3 is 0 Å². The number of hydrogen-bond donors (Lipinski definition) is 2. The van der Waals surface area contributed by atoms with Crippen LogP contribution in [-0.4, -0.2) is 16.8 Å². The van der Waals surface area contributed by atoms with E-state index in [4.69, 9.17) is 25.3 Å². The third kappa shape index (κ3) is 3.68. The second-order valence-electron chi connectivity index (χ2n) is 10.7. The van der Waals surface area contributed by atoms with Gasteiger partial charge in [-0.25, -0.2) is 0 Å². The molecule has 5 aromatic carbocycles. The number of benzene rings is 5. The van der Waals surface area contributed by atoms with E-state index in [9.17, 15) is 0 Å². The maximum atomic E-state index is 8.44. The van der Waals surface area contributed by atoms with Gasteiger partial charge < -0.3 is 9.47 Å². The van der Waals surface area contributed by atoms with Crippen LogP contribution in [0.15, 0.2) is 140 Å². The summed E-state index contributed by atoms with van der Waals surface area (Å²) in [5.41, 5.74) is 9.25. The van der Waals surface area contributed by atoms with Crippen LogP contribution in [0.4, 0.5) is 0 Å². The summed E-state index contributed by atoms with van der Waals surface area (Å²) in [6.45, 7) is 0. The van der Waals surface area contributed by atoms with E-state index in [2.05, 4.69) is 72.8 Å². The fourth-order valence-corrected chi connectivity index (χ4v) is 6.58. The molecule has 1 aromatic heterocycles. The molecule has 8 rings (SSSR count). The summed E-state index contributed by atoms with van der Waals surface area (Å²) in [4.78, 5) is 4.75. The summed E-state index contributed by atoms with van der Waals surface area (Å²) >= 11 is 0. The first-order valence-corrected chi connectivity index (χ1v) is 14.1. The maximum Gasteiger partial charge on any atom is 0.222 e. The summed E-state index contributed by atoms with van der Waals surface area (Å²) in [6, 6.07) is 44.7. The highest BCUT2D eigenvalue weighted by molar-refractivity contribution is 6.04. The van der Waals surface area contributed by atoms with Gasteiger partial charge in [0.05, 0.1) is 16.7 Å². The van der Waals surface area contributed by atoms with Gasteiger partial charge in [-0.2, -0.15) is 0 Å². The Balaban J connectivity index is 1.25. The molecule has 0 unspecified atom stereocenters. The monoisotopic (exact) mass is 555 g/mol. The van der Waals surface area contributed by atoms with E-state index >= 15 is 0 Å². The van der Waals surface area contributed by atoms with Crippen molar-refractivity contribution < 1.29 is 9.47 Å². The third-order valence-electron chi connectivity index (χ3n) is 8.42. The predicted octanol–water partition coefficient (Wildman–Crippen LogP) is 8.58. The number of pyridine rings is 1. The molecule has 0 fully saturated rings. The first kappa shape index (κ1) is 24.9. The lowest BCUT2D eigenvalue weighted by Gasteiger charge is -2.40. The highest BCUT2D eigenvalue weighted by Crippen LogP contribution is 2.62. The lowest BCUT2D eigenvalue weighted by Crippen LogP contribution is -2.32. The Labute approximate surface area is 249 Å². The molecule has 1 aliphatic carbocycles. The summed E-state index contributed by atoms with van der Waals surface area (Å²) in [5.74, 6) is 1.37. The van der Waals surface area contributed by atoms with Gasteiger partial charge in [0.2, 0.25) is 11.8 Å². The van der Waals surface area contributed by atoms with Crippen molar-refractivity contribution in [3.05, 3.63) is 173 Å². The van der Waals surface area contributed by atoms with Gasteiger partial charge in [-0.15, -0.1) is 0 Å². The summed E-state index contributed by atoms with van der Waals surface area (Å²) in [5, 5.41) is 16.7. The number of nitrogens with zero attached hydrogens (tertiary/aromatic N) is 1. The molecule has 0 saturated carbocycles. The highest BCUT2D eigenvalue weighted by Gasteiger charge is 2.51. The second-order valence-corrected chi connectivity index (χ2v) is 10.7. The highest BCUT2D eigenvalue weighted by atomic mass is 16.5. The molecular formula is C38H25N3O2. The van der Waals surface area contributed by atoms with Crippen LogP contribution >= 0.6 is 0 Å². The van der Waals surface area contributed by atoms with E-state index in [0.29, 0.717) is 11.1 Å². The molecular weight excluding hydrogens is 530 g/mol. The quantitative estimate of drug-likeness (QED) is 0.169. The molecule has 2 aliphatic rings. The molecule has 0 atom stereocenters. The van der Waals surface area contributed by atoms with Crippen LogP contribution in [0, 0.1) is 10.8 Å². The lowest BCUT2D eigenvalue weighted by molar-refractivity contribution is 0.438. The Hall–Kier alpha value is -5.81. The van der Waals surface area contributed by atoms with Crippen molar-refractivity contribution in [1.29, 1.82) is 10.8 Å². The molecule has 1 spiro atoms. The number of rotatable bonds is 3. The van der Waals surface area contributed by atoms with E-state index in [1.807, 2.05) is 42.5 Å². The van der Waals surface area contributed by atoms with Crippen molar-refractivity contribution >= 4 is 11.8 Å². The topological polar surface area (TPSA) is 79.0 Å². The lowest BCUT2D eigenvalue weighted by atomic mass is 9.65. The van der Waals surface area contributed by atoms with Gasteiger partial charge in [0.15, 0.2) is 0 Å². The van der Waals surface area contributed by atoms with Crippen molar-refractivity contribution in [3.8, 4) is 33.9 Å². The second kappa shape index (κ2) is 9.64. The number of para-hydroxylation sites is 2. The molecule has 43 heavy (non-hydrogen) atoms. The zero-order valence-corrected chi connectivity index (χ0v) is 23.0. The van der Waals surface area contributed by atoms with E-state index < -0.39 is 5.41 Å². The van der Waals surface area contributed by atoms with Crippen LogP contribution in [0.25, 0.3) is 22.4 Å². The number of nitrogens with one attached hydrogen (secondary N) is 2. The number of ether oxygens (including phenoxy) is 2. The van der Waals surface area contributed by atoms with Crippen LogP contribution < -0.4 is 4.74 Å². The minimum absolute atomic E-state index is 0.0821. The van der Waals surface area contributed by atoms with Gasteiger partial charge in [-0.3, -0.25) is 15.8 Å². The van der Waals surface area contributed by atoms with E-state index in [0.717, 1.165) is 33.9 Å². The standard InChI is InChI=1S/C38H25N3O2/c39-36(24-11-2-1-3-12-24)43-37(40)25-21-22-33(41-23-25)28-15-10-19-32-35(28)42-34-20-9-8-18-31(34)38(32)29-16-6-4-13-26(29)27-14-5-7-17-30(27)38/h1-23,39-40H. The zero-order chi connectivity index (χ0) is 29.0. The maximum absolute atomic E-state index is 8.44. The summed E-state index contributed by atoms with van der Waals surface area (Å²) in [7, 11) is 0. The minimum atomic E-state index is -0.541. The van der Waals surface area contributed by atoms with Crippen LogP contribution in [0.3, 0.4) is 0 Å². The molecule has 5 nitrogen and oxygen atoms in total. The molecule has 2 N–H and O–H groups in total. The van der Waals surface area contributed by atoms with Crippen LogP contribution in [-0.2, 0) is 10.2 Å². The molecule has 1 aliphatic heterocycles.